The van der Waals surface area contributed by atoms with Gasteiger partial charge < -0.3 is 27.9 Å². The van der Waals surface area contributed by atoms with Crippen LogP contribution in [-0.4, -0.2) is 70.0 Å². The van der Waals surface area contributed by atoms with Gasteiger partial charge in [0.25, 0.3) is 7.82 Å². The highest BCUT2D eigenvalue weighted by Crippen LogP contribution is 2.38. The molecule has 0 heterocycles. The molecule has 0 amide bonds. The number of likely N-dealkylation sites (N-methyl/N-ethyl adjacent to an activating group) is 1. The van der Waals surface area contributed by atoms with Crippen molar-refractivity contribution in [2.45, 2.75) is 200 Å². The Hall–Kier alpha value is -4.89. The Morgan fingerprint density at radius 3 is 1.02 bits per heavy atom. The summed E-state index contributed by atoms with van der Waals surface area (Å²) in [6, 6.07) is 0. The topological polar surface area (TPSA) is 111 Å². The highest BCUT2D eigenvalue weighted by Gasteiger charge is 2.21. The van der Waals surface area contributed by atoms with Crippen molar-refractivity contribution in [1.29, 1.82) is 0 Å². The van der Waals surface area contributed by atoms with E-state index in [-0.39, 0.29) is 26.1 Å². The van der Waals surface area contributed by atoms with Gasteiger partial charge in [0.2, 0.25) is 0 Å². The zero-order valence-corrected chi connectivity index (χ0v) is 51.6. The van der Waals surface area contributed by atoms with E-state index in [1.807, 2.05) is 21.1 Å². The summed E-state index contributed by atoms with van der Waals surface area (Å²) in [5, 5.41) is 0. The smallest absolute Gasteiger partial charge is 0.306 e. The second-order valence-corrected chi connectivity index (χ2v) is 22.0. The summed E-state index contributed by atoms with van der Waals surface area (Å²) in [5.41, 5.74) is 0. The third-order valence-corrected chi connectivity index (χ3v) is 12.9. The molecule has 2 atom stereocenters. The molecule has 0 N–H and O–H groups in total. The maximum atomic E-state index is 12.8. The van der Waals surface area contributed by atoms with Crippen LogP contribution in [0.25, 0.3) is 0 Å². The van der Waals surface area contributed by atoms with Crippen LogP contribution in [0, 0.1) is 0 Å². The lowest BCUT2D eigenvalue weighted by Crippen LogP contribution is -2.37. The largest absolute Gasteiger partial charge is 0.756 e. The van der Waals surface area contributed by atoms with Crippen molar-refractivity contribution in [2.75, 3.05) is 47.5 Å². The lowest BCUT2D eigenvalue weighted by Gasteiger charge is -2.28. The second-order valence-electron chi connectivity index (χ2n) is 20.6. The molecule has 0 spiro atoms. The van der Waals surface area contributed by atoms with E-state index in [4.69, 9.17) is 18.5 Å². The monoisotopic (exact) mass is 1120 g/mol. The van der Waals surface area contributed by atoms with Gasteiger partial charge in [-0.15, -0.1) is 0 Å². The number of phosphoric ester groups is 1. The highest BCUT2D eigenvalue weighted by molar-refractivity contribution is 7.45. The highest BCUT2D eigenvalue weighted by atomic mass is 31.2. The fourth-order valence-corrected chi connectivity index (χ4v) is 8.03. The molecule has 0 aromatic carbocycles. The van der Waals surface area contributed by atoms with Crippen LogP contribution in [0.2, 0.25) is 0 Å². The van der Waals surface area contributed by atoms with E-state index in [0.29, 0.717) is 23.9 Å². The first kappa shape index (κ1) is 75.1. The maximum absolute atomic E-state index is 12.8. The van der Waals surface area contributed by atoms with Crippen LogP contribution in [-0.2, 0) is 32.7 Å². The van der Waals surface area contributed by atoms with Gasteiger partial charge in [0.05, 0.1) is 27.7 Å². The molecule has 0 aliphatic carbocycles. The van der Waals surface area contributed by atoms with E-state index in [9.17, 15) is 19.0 Å². The average molecular weight is 1120 g/mol. The lowest BCUT2D eigenvalue weighted by atomic mass is 10.1. The van der Waals surface area contributed by atoms with Gasteiger partial charge in [0.15, 0.2) is 6.10 Å². The minimum Gasteiger partial charge on any atom is -0.756 e. The number of unbranched alkanes of at least 4 members (excludes halogenated alkanes) is 9. The number of rotatable bonds is 53. The Labute approximate surface area is 489 Å². The number of hydrogen-bond donors (Lipinski definition) is 0. The molecule has 9 nitrogen and oxygen atoms in total. The van der Waals surface area contributed by atoms with Crippen molar-refractivity contribution in [2.24, 2.45) is 0 Å². The normalized spacial score (nSPS) is 14.5. The summed E-state index contributed by atoms with van der Waals surface area (Å²) < 4.78 is 34.1. The average Bonchev–Trinajstić information content (AvgIpc) is 3.42. The van der Waals surface area contributed by atoms with E-state index in [2.05, 4.69) is 196 Å². The van der Waals surface area contributed by atoms with Gasteiger partial charge in [-0.25, -0.2) is 0 Å². The first-order valence-corrected chi connectivity index (χ1v) is 32.0. The Bertz CT molecular complexity index is 2000. The van der Waals surface area contributed by atoms with Crippen LogP contribution in [0.15, 0.2) is 182 Å². The predicted octanol–water partition coefficient (Wildman–Crippen LogP) is 19.0. The lowest BCUT2D eigenvalue weighted by molar-refractivity contribution is -0.870. The molecule has 0 saturated carbocycles. The van der Waals surface area contributed by atoms with Crippen LogP contribution in [0.1, 0.15) is 194 Å². The van der Waals surface area contributed by atoms with Gasteiger partial charge in [-0.2, -0.15) is 0 Å². The molecule has 0 fully saturated rings. The molecule has 80 heavy (non-hydrogen) atoms. The summed E-state index contributed by atoms with van der Waals surface area (Å²) in [6.45, 7) is 3.91. The Kier molecular flexibility index (Phi) is 55.2. The molecular weight excluding hydrogens is 1010 g/mol. The number of esters is 2. The maximum Gasteiger partial charge on any atom is 0.306 e. The zero-order chi connectivity index (χ0) is 58.4. The molecular formula is C70H110NO8P. The number of hydrogen-bond acceptors (Lipinski definition) is 8. The zero-order valence-electron chi connectivity index (χ0n) is 50.7. The molecule has 448 valence electrons. The second kappa shape index (κ2) is 58.8. The fraction of sp³-hybridized carbons (Fsp3) is 0.543. The van der Waals surface area contributed by atoms with Gasteiger partial charge >= 0.3 is 11.9 Å². The molecule has 0 radical (unpaired) electrons. The Balaban J connectivity index is 4.33. The van der Waals surface area contributed by atoms with E-state index in [1.54, 1.807) is 0 Å². The summed E-state index contributed by atoms with van der Waals surface area (Å²) in [4.78, 5) is 37.9. The first-order chi connectivity index (χ1) is 39.0. The van der Waals surface area contributed by atoms with Crippen molar-refractivity contribution in [3.05, 3.63) is 182 Å². The summed E-state index contributed by atoms with van der Waals surface area (Å²) in [5.74, 6) is -0.915. The summed E-state index contributed by atoms with van der Waals surface area (Å²) in [7, 11) is 1.10. The van der Waals surface area contributed by atoms with Gasteiger partial charge in [-0.1, -0.05) is 228 Å². The number of quaternary nitrogens is 1. The van der Waals surface area contributed by atoms with Crippen LogP contribution in [0.5, 0.6) is 0 Å². The van der Waals surface area contributed by atoms with Gasteiger partial charge in [0, 0.05) is 12.8 Å². The van der Waals surface area contributed by atoms with Crippen LogP contribution < -0.4 is 4.89 Å². The molecule has 0 saturated heterocycles. The number of nitrogens with zero attached hydrogens (tertiary/aromatic N) is 1. The Morgan fingerprint density at radius 1 is 0.388 bits per heavy atom. The van der Waals surface area contributed by atoms with Crippen LogP contribution >= 0.6 is 7.82 Å². The van der Waals surface area contributed by atoms with Crippen molar-refractivity contribution in [3.8, 4) is 0 Å². The van der Waals surface area contributed by atoms with E-state index in [0.717, 1.165) is 135 Å². The number of carbonyl (C=O) groups is 2. The van der Waals surface area contributed by atoms with Gasteiger partial charge in [-0.3, -0.25) is 14.2 Å². The van der Waals surface area contributed by atoms with E-state index >= 15 is 0 Å². The SMILES string of the molecule is CC/C=C\C/C=C\C/C=C\C/C=C\C/C=C\C/C=C\C/C=C\C/C=C\C/C=C\C/C=C\CCCCC(=O)OC(COC(=O)CCCCCCCCC/C=C\C/C=C\C/C=C\C/C=C\C/C=C\CC)COP(=O)([O-])OCC[N+](C)(C)C. The van der Waals surface area contributed by atoms with Gasteiger partial charge in [0.1, 0.15) is 19.8 Å². The molecule has 0 aliphatic heterocycles. The summed E-state index contributed by atoms with van der Waals surface area (Å²) in [6.07, 6.45) is 90.9. The van der Waals surface area contributed by atoms with Crippen LogP contribution in [0.3, 0.4) is 0 Å². The van der Waals surface area contributed by atoms with E-state index < -0.39 is 32.5 Å². The molecule has 10 heteroatoms. The standard InChI is InChI=1S/C70H110NO8P/c1-6-8-10-12-14-16-18-20-22-24-26-28-30-31-32-33-34-35-36-37-38-39-41-43-45-47-49-51-53-55-57-59-61-63-70(73)79-68(67-78-80(74,75)77-65-64-71(3,4)5)66-76-69(72)62-60-58-56-54-52-50-48-46-44-42-40-29-27-25-23-21-19-17-15-13-11-9-7-2/h8-11,14-17,20-23,26-29,31-32,34-35,37-38,41-44,47,49,53,55,68H,6-7,12-13,18-19,24-25,30,33,36,39-40,45-46,48,50-52,54,56-67H2,1-5H3/b10-8-,11-9-,16-14-,17-15-,22-20-,23-21-,28-26-,29-27-,32-31-,35-34-,38-37-,43-41-,44-42-,49-47-,55-53-. The van der Waals surface area contributed by atoms with Crippen LogP contribution in [0.4, 0.5) is 0 Å². The molecule has 0 rings (SSSR count). The van der Waals surface area contributed by atoms with Crippen molar-refractivity contribution in [1.82, 2.24) is 0 Å². The molecule has 0 aromatic rings. The molecule has 0 aliphatic rings. The minimum atomic E-state index is -4.67. The number of phosphoric acid groups is 1. The molecule has 0 bridgehead atoms. The molecule has 2 unspecified atom stereocenters. The van der Waals surface area contributed by atoms with Crippen molar-refractivity contribution in [3.63, 3.8) is 0 Å². The molecule has 0 aromatic heterocycles. The quantitative estimate of drug-likeness (QED) is 0.0195. The predicted molar refractivity (Wildman–Crippen MR) is 341 cm³/mol. The van der Waals surface area contributed by atoms with Crippen molar-refractivity contribution >= 4 is 19.8 Å². The van der Waals surface area contributed by atoms with Crippen molar-refractivity contribution < 1.29 is 42.1 Å². The Morgan fingerprint density at radius 2 is 0.675 bits per heavy atom. The minimum absolute atomic E-state index is 0.0529. The fourth-order valence-electron chi connectivity index (χ4n) is 7.30. The summed E-state index contributed by atoms with van der Waals surface area (Å²) >= 11 is 0. The third-order valence-electron chi connectivity index (χ3n) is 11.9. The number of carbonyl (C=O) groups excluding carboxylic acids is 2. The number of ether oxygens (including phenoxy) is 2. The van der Waals surface area contributed by atoms with Gasteiger partial charge in [-0.05, 0) is 135 Å². The number of allylic oxidation sites excluding steroid dienone is 30. The first-order valence-electron chi connectivity index (χ1n) is 30.5. The third kappa shape index (κ3) is 62.3. The van der Waals surface area contributed by atoms with E-state index in [1.165, 1.54) is 19.3 Å².